The minimum atomic E-state index is -2.04. The standard InChI is InChI=1S/C54H36N2S2/c1-4-17-37(18-5-1)55-47-27-14-11-24-44(47)52-48(55)28-16-30-51(52)58(39-19-6-2-7-20-39,40-21-8-3-9-22-40)41-33-31-38(32-34-41)56-46-26-13-10-23-42(46)43-35-36-50-53(54(43)56)45-25-12-15-29-49(45)57-50/h1-36H. The maximum Gasteiger partial charge on any atom is 0.0634 e. The molecule has 0 saturated carbocycles. The summed E-state index contributed by atoms with van der Waals surface area (Å²) in [4.78, 5) is 5.25. The fraction of sp³-hybridized carbons (Fsp3) is 0. The molecule has 0 amide bonds. The van der Waals surface area contributed by atoms with Crippen molar-refractivity contribution in [3.8, 4) is 11.4 Å². The van der Waals surface area contributed by atoms with Crippen molar-refractivity contribution in [1.29, 1.82) is 0 Å². The summed E-state index contributed by atoms with van der Waals surface area (Å²) in [6, 6.07) is 81.1. The minimum absolute atomic E-state index is 1.16. The SMILES string of the molecule is c1ccc(-n2c3ccccc3c3c(S(c4ccccc4)(c4ccccc4)c4ccc(-n5c6ccccc6c6ccc7sc8ccccc8c7c65)cc4)cccc32)cc1. The normalized spacial score (nSPS) is 12.4. The third kappa shape index (κ3) is 4.73. The summed E-state index contributed by atoms with van der Waals surface area (Å²) in [5.41, 5.74) is 7.23. The maximum absolute atomic E-state index is 2.51. The smallest absolute Gasteiger partial charge is 0.0634 e. The van der Waals surface area contributed by atoms with Crippen LogP contribution in [-0.4, -0.2) is 9.13 Å². The molecule has 0 N–H and O–H groups in total. The highest BCUT2D eigenvalue weighted by Gasteiger charge is 2.36. The molecule has 0 bridgehead atoms. The molecule has 0 spiro atoms. The van der Waals surface area contributed by atoms with Crippen molar-refractivity contribution in [2.24, 2.45) is 0 Å². The van der Waals surface area contributed by atoms with Crippen LogP contribution in [0.1, 0.15) is 0 Å². The number of benzene rings is 9. The Morgan fingerprint density at radius 3 is 1.55 bits per heavy atom. The third-order valence-corrected chi connectivity index (χ3v) is 16.9. The second-order valence-electron chi connectivity index (χ2n) is 14.9. The lowest BCUT2D eigenvalue weighted by Gasteiger charge is -2.42. The maximum atomic E-state index is 2.51. The monoisotopic (exact) mass is 776 g/mol. The quantitative estimate of drug-likeness (QED) is 0.159. The van der Waals surface area contributed by atoms with Gasteiger partial charge in [0.05, 0.1) is 22.1 Å². The molecule has 274 valence electrons. The highest BCUT2D eigenvalue weighted by Crippen LogP contribution is 2.75. The summed E-state index contributed by atoms with van der Waals surface area (Å²) >= 11 is 1.88. The van der Waals surface area contributed by atoms with Crippen LogP contribution in [0.4, 0.5) is 0 Å². The molecule has 58 heavy (non-hydrogen) atoms. The Hall–Kier alpha value is -6.85. The molecule has 4 heteroatoms. The van der Waals surface area contributed by atoms with Gasteiger partial charge in [-0.25, -0.2) is 0 Å². The van der Waals surface area contributed by atoms with E-state index in [2.05, 4.69) is 228 Å². The zero-order valence-electron chi connectivity index (χ0n) is 31.5. The first-order valence-corrected chi connectivity index (χ1v) is 22.2. The number of nitrogens with zero attached hydrogens (tertiary/aromatic N) is 2. The second-order valence-corrected chi connectivity index (χ2v) is 19.0. The van der Waals surface area contributed by atoms with Crippen molar-refractivity contribution < 1.29 is 0 Å². The van der Waals surface area contributed by atoms with E-state index in [1.165, 1.54) is 83.4 Å². The van der Waals surface area contributed by atoms with E-state index in [1.807, 2.05) is 11.3 Å². The number of fused-ring (bicyclic) bond motifs is 10. The van der Waals surface area contributed by atoms with Crippen LogP contribution in [-0.2, 0) is 0 Å². The molecule has 0 saturated heterocycles. The van der Waals surface area contributed by atoms with E-state index in [0.717, 1.165) is 11.4 Å². The van der Waals surface area contributed by atoms with Gasteiger partial charge in [-0.2, -0.15) is 0 Å². The molecule has 0 unspecified atom stereocenters. The van der Waals surface area contributed by atoms with Gasteiger partial charge in [0, 0.05) is 72.7 Å². The number of hydrogen-bond donors (Lipinski definition) is 0. The molecule has 0 aliphatic rings. The van der Waals surface area contributed by atoms with Crippen molar-refractivity contribution >= 4 is 85.1 Å². The van der Waals surface area contributed by atoms with E-state index >= 15 is 0 Å². The number of rotatable bonds is 6. The van der Waals surface area contributed by atoms with Crippen molar-refractivity contribution in [1.82, 2.24) is 9.13 Å². The highest BCUT2D eigenvalue weighted by atomic mass is 32.3. The Labute approximate surface area is 341 Å². The molecule has 3 heterocycles. The Morgan fingerprint density at radius 1 is 0.310 bits per heavy atom. The summed E-state index contributed by atoms with van der Waals surface area (Å²) in [6.45, 7) is 0. The van der Waals surface area contributed by atoms with Gasteiger partial charge in [-0.05, 0) is 97.1 Å². The van der Waals surface area contributed by atoms with Gasteiger partial charge < -0.3 is 9.13 Å². The van der Waals surface area contributed by atoms with Crippen LogP contribution in [0.2, 0.25) is 0 Å². The van der Waals surface area contributed by atoms with Gasteiger partial charge >= 0.3 is 0 Å². The van der Waals surface area contributed by atoms with E-state index in [-0.39, 0.29) is 0 Å². The molecular formula is C54H36N2S2. The van der Waals surface area contributed by atoms with E-state index in [1.54, 1.807) is 0 Å². The molecule has 0 atom stereocenters. The van der Waals surface area contributed by atoms with Crippen molar-refractivity contribution in [2.75, 3.05) is 0 Å². The van der Waals surface area contributed by atoms with E-state index in [4.69, 9.17) is 0 Å². The van der Waals surface area contributed by atoms with Crippen LogP contribution in [0, 0.1) is 0 Å². The van der Waals surface area contributed by atoms with Crippen molar-refractivity contribution in [2.45, 2.75) is 19.6 Å². The first kappa shape index (κ1) is 33.3. The Morgan fingerprint density at radius 2 is 0.845 bits per heavy atom. The van der Waals surface area contributed by atoms with Crippen molar-refractivity contribution in [3.05, 3.63) is 218 Å². The lowest BCUT2D eigenvalue weighted by Crippen LogP contribution is -2.06. The Bertz CT molecular complexity index is 3450. The average Bonchev–Trinajstić information content (AvgIpc) is 3.96. The third-order valence-electron chi connectivity index (χ3n) is 11.8. The summed E-state index contributed by atoms with van der Waals surface area (Å²) in [6.07, 6.45) is 0. The van der Waals surface area contributed by atoms with Crippen molar-refractivity contribution in [3.63, 3.8) is 0 Å². The molecule has 2 nitrogen and oxygen atoms in total. The fourth-order valence-corrected chi connectivity index (χ4v) is 14.6. The van der Waals surface area contributed by atoms with Gasteiger partial charge in [0.15, 0.2) is 0 Å². The molecule has 12 aromatic rings. The number of hydrogen-bond acceptors (Lipinski definition) is 1. The second kappa shape index (κ2) is 13.1. The highest BCUT2D eigenvalue weighted by molar-refractivity contribution is 8.34. The largest absolute Gasteiger partial charge is 0.309 e. The lowest BCUT2D eigenvalue weighted by molar-refractivity contribution is 1.16. The Kier molecular flexibility index (Phi) is 7.52. The van der Waals surface area contributed by atoms with Crippen LogP contribution >= 0.6 is 21.4 Å². The molecular weight excluding hydrogens is 741 g/mol. The molecule has 3 aromatic heterocycles. The number of aromatic nitrogens is 2. The van der Waals surface area contributed by atoms with Gasteiger partial charge in [0.1, 0.15) is 0 Å². The van der Waals surface area contributed by atoms with E-state index in [0.29, 0.717) is 0 Å². The zero-order chi connectivity index (χ0) is 38.2. The first-order chi connectivity index (χ1) is 28.8. The van der Waals surface area contributed by atoms with E-state index in [9.17, 15) is 0 Å². The molecule has 9 aromatic carbocycles. The predicted molar refractivity (Wildman–Crippen MR) is 248 cm³/mol. The molecule has 0 aliphatic carbocycles. The Balaban J connectivity index is 1.18. The molecule has 0 radical (unpaired) electrons. The van der Waals surface area contributed by atoms with Gasteiger partial charge in [0.25, 0.3) is 0 Å². The summed E-state index contributed by atoms with van der Waals surface area (Å²) in [5.74, 6) is 0. The summed E-state index contributed by atoms with van der Waals surface area (Å²) in [7, 11) is -2.04. The van der Waals surface area contributed by atoms with Gasteiger partial charge in [0.2, 0.25) is 0 Å². The van der Waals surface area contributed by atoms with Crippen LogP contribution < -0.4 is 0 Å². The van der Waals surface area contributed by atoms with Gasteiger partial charge in [-0.3, -0.25) is 0 Å². The van der Waals surface area contributed by atoms with Crippen LogP contribution in [0.15, 0.2) is 238 Å². The average molecular weight is 777 g/mol. The summed E-state index contributed by atoms with van der Waals surface area (Å²) in [5, 5.41) is 7.75. The van der Waals surface area contributed by atoms with Gasteiger partial charge in [-0.1, -0.05) is 121 Å². The topological polar surface area (TPSA) is 9.86 Å². The first-order valence-electron chi connectivity index (χ1n) is 19.8. The molecule has 0 fully saturated rings. The van der Waals surface area contributed by atoms with Gasteiger partial charge in [-0.15, -0.1) is 21.4 Å². The molecule has 12 rings (SSSR count). The lowest BCUT2D eigenvalue weighted by atomic mass is 10.1. The van der Waals surface area contributed by atoms with Crippen LogP contribution in [0.5, 0.6) is 0 Å². The van der Waals surface area contributed by atoms with Crippen LogP contribution in [0.3, 0.4) is 0 Å². The zero-order valence-corrected chi connectivity index (χ0v) is 33.1. The number of thiophene rings is 1. The number of para-hydroxylation sites is 3. The van der Waals surface area contributed by atoms with Crippen LogP contribution in [0.25, 0.3) is 75.2 Å². The minimum Gasteiger partial charge on any atom is -0.309 e. The molecule has 0 aliphatic heterocycles. The fourth-order valence-electron chi connectivity index (χ4n) is 9.47. The summed E-state index contributed by atoms with van der Waals surface area (Å²) < 4.78 is 7.58. The van der Waals surface area contributed by atoms with E-state index < -0.39 is 10.0 Å². The predicted octanol–water partition coefficient (Wildman–Crippen LogP) is 15.6.